The van der Waals surface area contributed by atoms with Crippen LogP contribution in [0, 0.1) is 16.3 Å². The number of benzene rings is 2. The monoisotopic (exact) mass is 385 g/mol. The molecule has 0 spiro atoms. The van der Waals surface area contributed by atoms with Gasteiger partial charge in [0.15, 0.2) is 0 Å². The molecular weight excluding hydrogens is 368 g/mol. The first-order valence-electron chi connectivity index (χ1n) is 6.37. The molecule has 0 amide bonds. The van der Waals surface area contributed by atoms with Gasteiger partial charge in [-0.25, -0.2) is 4.39 Å². The molecular formula is C16H17FINO. The van der Waals surface area contributed by atoms with Crippen molar-refractivity contribution in [2.75, 3.05) is 12.4 Å². The summed E-state index contributed by atoms with van der Waals surface area (Å²) < 4.78 is 19.4. The Morgan fingerprint density at radius 2 is 1.95 bits per heavy atom. The normalized spacial score (nSPS) is 12.1. The van der Waals surface area contributed by atoms with Crippen LogP contribution in [0.2, 0.25) is 0 Å². The lowest BCUT2D eigenvalue weighted by atomic mass is 10.0. The number of aryl methyl sites for hydroxylation is 1. The minimum Gasteiger partial charge on any atom is -0.496 e. The van der Waals surface area contributed by atoms with Gasteiger partial charge in [-0.2, -0.15) is 0 Å². The maximum absolute atomic E-state index is 13.1. The van der Waals surface area contributed by atoms with Crippen LogP contribution in [0.15, 0.2) is 36.4 Å². The predicted octanol–water partition coefficient (Wildman–Crippen LogP) is 4.92. The van der Waals surface area contributed by atoms with Crippen molar-refractivity contribution in [1.29, 1.82) is 0 Å². The van der Waals surface area contributed by atoms with E-state index in [1.54, 1.807) is 13.2 Å². The molecule has 0 aliphatic heterocycles. The van der Waals surface area contributed by atoms with Gasteiger partial charge < -0.3 is 10.1 Å². The second kappa shape index (κ2) is 6.43. The van der Waals surface area contributed by atoms with Crippen LogP contribution < -0.4 is 10.1 Å². The summed E-state index contributed by atoms with van der Waals surface area (Å²) in [5.41, 5.74) is 3.19. The van der Waals surface area contributed by atoms with Crippen LogP contribution in [0.25, 0.3) is 0 Å². The highest BCUT2D eigenvalue weighted by molar-refractivity contribution is 14.1. The van der Waals surface area contributed by atoms with Gasteiger partial charge in [-0.3, -0.25) is 0 Å². The van der Waals surface area contributed by atoms with E-state index in [-0.39, 0.29) is 11.9 Å². The van der Waals surface area contributed by atoms with Crippen molar-refractivity contribution in [2.24, 2.45) is 0 Å². The zero-order valence-electron chi connectivity index (χ0n) is 11.7. The van der Waals surface area contributed by atoms with Gasteiger partial charge >= 0.3 is 0 Å². The van der Waals surface area contributed by atoms with Gasteiger partial charge in [-0.15, -0.1) is 0 Å². The zero-order valence-corrected chi connectivity index (χ0v) is 13.9. The minimum atomic E-state index is -0.222. The SMILES string of the molecule is COc1ccc(C)cc1C(C)Nc1ccc(F)cc1I. The van der Waals surface area contributed by atoms with Crippen LogP contribution in [0.1, 0.15) is 24.1 Å². The molecule has 106 valence electrons. The molecule has 2 nitrogen and oxygen atoms in total. The Balaban J connectivity index is 2.27. The highest BCUT2D eigenvalue weighted by atomic mass is 127. The van der Waals surface area contributed by atoms with E-state index in [1.807, 2.05) is 12.1 Å². The minimum absolute atomic E-state index is 0.0730. The third-order valence-electron chi connectivity index (χ3n) is 3.15. The van der Waals surface area contributed by atoms with E-state index in [1.165, 1.54) is 17.7 Å². The Morgan fingerprint density at radius 3 is 2.60 bits per heavy atom. The lowest BCUT2D eigenvalue weighted by molar-refractivity contribution is 0.408. The standard InChI is InChI=1S/C16H17FINO/c1-10-4-7-16(20-3)13(8-10)11(2)19-15-6-5-12(17)9-14(15)18/h4-9,11,19H,1-3H3. The zero-order chi connectivity index (χ0) is 14.7. The lowest BCUT2D eigenvalue weighted by Gasteiger charge is -2.20. The van der Waals surface area contributed by atoms with E-state index in [4.69, 9.17) is 4.74 Å². The molecule has 0 aliphatic carbocycles. The van der Waals surface area contributed by atoms with E-state index in [9.17, 15) is 4.39 Å². The fourth-order valence-corrected chi connectivity index (χ4v) is 2.74. The Morgan fingerprint density at radius 1 is 1.20 bits per heavy atom. The maximum Gasteiger partial charge on any atom is 0.124 e. The molecule has 0 radical (unpaired) electrons. The third kappa shape index (κ3) is 3.42. The van der Waals surface area contributed by atoms with Gasteiger partial charge in [0.25, 0.3) is 0 Å². The molecule has 0 heterocycles. The number of methoxy groups -OCH3 is 1. The number of anilines is 1. The fraction of sp³-hybridized carbons (Fsp3) is 0.250. The summed E-state index contributed by atoms with van der Waals surface area (Å²) in [4.78, 5) is 0. The van der Waals surface area contributed by atoms with Crippen molar-refractivity contribution < 1.29 is 9.13 Å². The summed E-state index contributed by atoms with van der Waals surface area (Å²) in [5.74, 6) is 0.633. The topological polar surface area (TPSA) is 21.3 Å². The van der Waals surface area contributed by atoms with Gasteiger partial charge in [0.1, 0.15) is 11.6 Å². The molecule has 2 aromatic rings. The highest BCUT2D eigenvalue weighted by Gasteiger charge is 2.13. The highest BCUT2D eigenvalue weighted by Crippen LogP contribution is 2.30. The fourth-order valence-electron chi connectivity index (χ4n) is 2.11. The van der Waals surface area contributed by atoms with E-state index >= 15 is 0 Å². The van der Waals surface area contributed by atoms with Crippen LogP contribution in [-0.4, -0.2) is 7.11 Å². The third-order valence-corrected chi connectivity index (χ3v) is 4.05. The molecule has 1 unspecified atom stereocenters. The molecule has 1 N–H and O–H groups in total. The van der Waals surface area contributed by atoms with E-state index < -0.39 is 0 Å². The molecule has 0 saturated heterocycles. The van der Waals surface area contributed by atoms with Crippen molar-refractivity contribution in [1.82, 2.24) is 0 Å². The van der Waals surface area contributed by atoms with E-state index in [2.05, 4.69) is 47.8 Å². The average molecular weight is 385 g/mol. The molecule has 0 aromatic heterocycles. The second-order valence-corrected chi connectivity index (χ2v) is 5.90. The Bertz CT molecular complexity index is 615. The predicted molar refractivity (Wildman–Crippen MR) is 88.9 cm³/mol. The summed E-state index contributed by atoms with van der Waals surface area (Å²) in [5, 5.41) is 3.40. The van der Waals surface area contributed by atoms with Crippen molar-refractivity contribution in [3.63, 3.8) is 0 Å². The summed E-state index contributed by atoms with van der Waals surface area (Å²) in [7, 11) is 1.67. The lowest BCUT2D eigenvalue weighted by Crippen LogP contribution is -2.09. The molecule has 2 aromatic carbocycles. The molecule has 0 fully saturated rings. The van der Waals surface area contributed by atoms with E-state index in [0.717, 1.165) is 20.6 Å². The van der Waals surface area contributed by atoms with Crippen LogP contribution in [0.5, 0.6) is 5.75 Å². The maximum atomic E-state index is 13.1. The average Bonchev–Trinajstić information content (AvgIpc) is 2.41. The van der Waals surface area contributed by atoms with Crippen LogP contribution in [-0.2, 0) is 0 Å². The van der Waals surface area contributed by atoms with Crippen molar-refractivity contribution in [2.45, 2.75) is 19.9 Å². The summed E-state index contributed by atoms with van der Waals surface area (Å²) in [6, 6.07) is 10.9. The largest absolute Gasteiger partial charge is 0.496 e. The van der Waals surface area contributed by atoms with Gasteiger partial charge in [0.2, 0.25) is 0 Å². The van der Waals surface area contributed by atoms with Crippen LogP contribution >= 0.6 is 22.6 Å². The Labute approximate surface area is 132 Å². The quantitative estimate of drug-likeness (QED) is 0.755. The smallest absolute Gasteiger partial charge is 0.124 e. The first-order chi connectivity index (χ1) is 9.51. The summed E-state index contributed by atoms with van der Waals surface area (Å²) >= 11 is 2.13. The number of hydrogen-bond acceptors (Lipinski definition) is 2. The van der Waals surface area contributed by atoms with Crippen molar-refractivity contribution in [3.05, 3.63) is 56.9 Å². The molecule has 4 heteroatoms. The molecule has 0 aliphatic rings. The molecule has 0 saturated carbocycles. The number of nitrogens with one attached hydrogen (secondary N) is 1. The van der Waals surface area contributed by atoms with Gasteiger partial charge in [-0.1, -0.05) is 17.7 Å². The van der Waals surface area contributed by atoms with Gasteiger partial charge in [-0.05, 0) is 60.7 Å². The van der Waals surface area contributed by atoms with Crippen LogP contribution in [0.4, 0.5) is 10.1 Å². The molecule has 0 bridgehead atoms. The second-order valence-electron chi connectivity index (χ2n) is 4.74. The number of rotatable bonds is 4. The van der Waals surface area contributed by atoms with Crippen LogP contribution in [0.3, 0.4) is 0 Å². The first kappa shape index (κ1) is 15.1. The van der Waals surface area contributed by atoms with E-state index in [0.29, 0.717) is 0 Å². The Hall–Kier alpha value is -1.30. The summed E-state index contributed by atoms with van der Waals surface area (Å²) in [6.45, 7) is 4.12. The van der Waals surface area contributed by atoms with Gasteiger partial charge in [0.05, 0.1) is 13.2 Å². The van der Waals surface area contributed by atoms with Gasteiger partial charge in [0, 0.05) is 14.8 Å². The molecule has 1 atom stereocenters. The first-order valence-corrected chi connectivity index (χ1v) is 7.45. The number of halogens is 2. The number of hydrogen-bond donors (Lipinski definition) is 1. The summed E-state index contributed by atoms with van der Waals surface area (Å²) in [6.07, 6.45) is 0. The van der Waals surface area contributed by atoms with Crippen molar-refractivity contribution >= 4 is 28.3 Å². The van der Waals surface area contributed by atoms with Crippen molar-refractivity contribution in [3.8, 4) is 5.75 Å². The molecule has 2 rings (SSSR count). The molecule has 20 heavy (non-hydrogen) atoms. The Kier molecular flexibility index (Phi) is 4.86. The number of ether oxygens (including phenoxy) is 1.